The fourth-order valence-corrected chi connectivity index (χ4v) is 2.07. The van der Waals surface area contributed by atoms with Gasteiger partial charge in [0.05, 0.1) is 0 Å². The van der Waals surface area contributed by atoms with E-state index in [4.69, 9.17) is 5.11 Å². The van der Waals surface area contributed by atoms with E-state index in [0.717, 1.165) is 0 Å². The first kappa shape index (κ1) is 15.4. The molecule has 0 aromatic heterocycles. The maximum absolute atomic E-state index is 12.0. The summed E-state index contributed by atoms with van der Waals surface area (Å²) in [4.78, 5) is 23.1. The molecule has 104 valence electrons. The van der Waals surface area contributed by atoms with Gasteiger partial charge in [0.25, 0.3) is 5.91 Å². The lowest BCUT2D eigenvalue weighted by Crippen LogP contribution is -2.41. The minimum absolute atomic E-state index is 0.0173. The number of aromatic hydroxyl groups is 1. The second-order valence-corrected chi connectivity index (χ2v) is 5.08. The van der Waals surface area contributed by atoms with E-state index in [-0.39, 0.29) is 11.3 Å². The van der Waals surface area contributed by atoms with Crippen LogP contribution < -0.4 is 5.32 Å². The zero-order valence-electron chi connectivity index (χ0n) is 10.8. The smallest absolute Gasteiger partial charge is 0.326 e. The molecule has 1 aromatic carbocycles. The van der Waals surface area contributed by atoms with Gasteiger partial charge in [-0.1, -0.05) is 6.07 Å². The first-order chi connectivity index (χ1) is 8.97. The summed E-state index contributed by atoms with van der Waals surface area (Å²) in [7, 11) is 0. The fraction of sp³-hybridized carbons (Fsp3) is 0.385. The Kier molecular flexibility index (Phi) is 5.69. The number of carboxylic acid groups (broad SMARTS) is 1. The quantitative estimate of drug-likeness (QED) is 0.739. The predicted molar refractivity (Wildman–Crippen MR) is 74.7 cm³/mol. The van der Waals surface area contributed by atoms with E-state index in [0.29, 0.717) is 17.7 Å². The number of amides is 1. The van der Waals surface area contributed by atoms with Gasteiger partial charge in [0.1, 0.15) is 11.8 Å². The molecule has 0 aliphatic heterocycles. The van der Waals surface area contributed by atoms with E-state index in [9.17, 15) is 14.7 Å². The highest BCUT2D eigenvalue weighted by Crippen LogP contribution is 2.19. The number of carbonyl (C=O) groups excluding carboxylic acids is 1. The SMILES string of the molecule is CSCC[C@H](NC(=O)c1cccc(O)c1C)C(=O)O. The summed E-state index contributed by atoms with van der Waals surface area (Å²) in [5, 5.41) is 21.1. The summed E-state index contributed by atoms with van der Waals surface area (Å²) in [6.07, 6.45) is 2.24. The summed E-state index contributed by atoms with van der Waals surface area (Å²) in [5.74, 6) is -0.873. The molecule has 1 amide bonds. The van der Waals surface area contributed by atoms with Crippen molar-refractivity contribution in [2.45, 2.75) is 19.4 Å². The minimum Gasteiger partial charge on any atom is -0.508 e. The number of hydrogen-bond acceptors (Lipinski definition) is 4. The average Bonchev–Trinajstić information content (AvgIpc) is 2.37. The number of benzene rings is 1. The van der Waals surface area contributed by atoms with Crippen LogP contribution in [0.3, 0.4) is 0 Å². The lowest BCUT2D eigenvalue weighted by molar-refractivity contribution is -0.139. The van der Waals surface area contributed by atoms with Crippen molar-refractivity contribution in [1.82, 2.24) is 5.32 Å². The number of nitrogens with one attached hydrogen (secondary N) is 1. The zero-order valence-corrected chi connectivity index (χ0v) is 11.7. The van der Waals surface area contributed by atoms with E-state index in [1.54, 1.807) is 19.1 Å². The third-order valence-electron chi connectivity index (χ3n) is 2.76. The number of rotatable bonds is 6. The average molecular weight is 283 g/mol. The molecule has 19 heavy (non-hydrogen) atoms. The molecule has 0 unspecified atom stereocenters. The van der Waals surface area contributed by atoms with Crippen LogP contribution in [0.1, 0.15) is 22.3 Å². The molecule has 0 heterocycles. The summed E-state index contributed by atoms with van der Waals surface area (Å²) < 4.78 is 0. The molecule has 1 aromatic rings. The number of carbonyl (C=O) groups is 2. The van der Waals surface area contributed by atoms with Crippen molar-refractivity contribution in [2.24, 2.45) is 0 Å². The van der Waals surface area contributed by atoms with Crippen LogP contribution in [0.15, 0.2) is 18.2 Å². The topological polar surface area (TPSA) is 86.6 Å². The molecule has 5 nitrogen and oxygen atoms in total. The van der Waals surface area contributed by atoms with Crippen LogP contribution in [0.2, 0.25) is 0 Å². The molecule has 0 bridgehead atoms. The normalized spacial score (nSPS) is 11.9. The second-order valence-electron chi connectivity index (χ2n) is 4.10. The van der Waals surface area contributed by atoms with Gasteiger partial charge in [-0.3, -0.25) is 4.79 Å². The van der Waals surface area contributed by atoms with E-state index in [1.165, 1.54) is 17.8 Å². The summed E-state index contributed by atoms with van der Waals surface area (Å²) in [6.45, 7) is 1.61. The Balaban J connectivity index is 2.82. The van der Waals surface area contributed by atoms with Crippen molar-refractivity contribution < 1.29 is 19.8 Å². The number of phenols is 1. The lowest BCUT2D eigenvalue weighted by atomic mass is 10.1. The molecule has 0 saturated heterocycles. The molecule has 0 saturated carbocycles. The van der Waals surface area contributed by atoms with Crippen LogP contribution in [-0.2, 0) is 4.79 Å². The van der Waals surface area contributed by atoms with Gasteiger partial charge in [-0.15, -0.1) is 0 Å². The highest BCUT2D eigenvalue weighted by atomic mass is 32.2. The molecule has 1 atom stereocenters. The monoisotopic (exact) mass is 283 g/mol. The number of thioether (sulfide) groups is 1. The van der Waals surface area contributed by atoms with Crippen molar-refractivity contribution in [2.75, 3.05) is 12.0 Å². The molecule has 6 heteroatoms. The highest BCUT2D eigenvalue weighted by Gasteiger charge is 2.21. The minimum atomic E-state index is -1.06. The highest BCUT2D eigenvalue weighted by molar-refractivity contribution is 7.98. The molecule has 0 radical (unpaired) electrons. The van der Waals surface area contributed by atoms with Crippen molar-refractivity contribution in [3.8, 4) is 5.75 Å². The first-order valence-electron chi connectivity index (χ1n) is 5.78. The molecular formula is C13H17NO4S. The third-order valence-corrected chi connectivity index (χ3v) is 3.41. The fourth-order valence-electron chi connectivity index (χ4n) is 1.60. The third kappa shape index (κ3) is 4.17. The molecular weight excluding hydrogens is 266 g/mol. The Morgan fingerprint density at radius 1 is 1.42 bits per heavy atom. The van der Waals surface area contributed by atoms with Gasteiger partial charge in [0, 0.05) is 11.1 Å². The molecule has 3 N–H and O–H groups in total. The number of phenolic OH excluding ortho intramolecular Hbond substituents is 1. The van der Waals surface area contributed by atoms with Crippen LogP contribution in [0.4, 0.5) is 0 Å². The van der Waals surface area contributed by atoms with Crippen molar-refractivity contribution in [1.29, 1.82) is 0 Å². The van der Waals surface area contributed by atoms with Crippen molar-refractivity contribution in [3.63, 3.8) is 0 Å². The Labute approximate surface area is 116 Å². The molecule has 0 aliphatic rings. The summed E-state index contributed by atoms with van der Waals surface area (Å²) in [6, 6.07) is 3.67. The van der Waals surface area contributed by atoms with E-state index < -0.39 is 17.9 Å². The molecule has 1 rings (SSSR count). The Morgan fingerprint density at radius 2 is 2.11 bits per heavy atom. The van der Waals surface area contributed by atoms with E-state index in [1.807, 2.05) is 6.26 Å². The lowest BCUT2D eigenvalue weighted by Gasteiger charge is -2.15. The first-order valence-corrected chi connectivity index (χ1v) is 7.18. The zero-order chi connectivity index (χ0) is 14.4. The van der Waals surface area contributed by atoms with Gasteiger partial charge in [0.15, 0.2) is 0 Å². The van der Waals surface area contributed by atoms with Gasteiger partial charge in [-0.2, -0.15) is 11.8 Å². The van der Waals surface area contributed by atoms with E-state index >= 15 is 0 Å². The van der Waals surface area contributed by atoms with Crippen LogP contribution in [0.25, 0.3) is 0 Å². The van der Waals surface area contributed by atoms with Gasteiger partial charge in [0.2, 0.25) is 0 Å². The van der Waals surface area contributed by atoms with Gasteiger partial charge < -0.3 is 15.5 Å². The van der Waals surface area contributed by atoms with Crippen LogP contribution in [0, 0.1) is 6.92 Å². The Bertz CT molecular complexity index is 476. The van der Waals surface area contributed by atoms with E-state index in [2.05, 4.69) is 5.32 Å². The Morgan fingerprint density at radius 3 is 2.68 bits per heavy atom. The van der Waals surface area contributed by atoms with Crippen LogP contribution >= 0.6 is 11.8 Å². The summed E-state index contributed by atoms with van der Waals surface area (Å²) in [5.41, 5.74) is 0.726. The van der Waals surface area contributed by atoms with Gasteiger partial charge in [-0.25, -0.2) is 4.79 Å². The largest absolute Gasteiger partial charge is 0.508 e. The summed E-state index contributed by atoms with van der Waals surface area (Å²) >= 11 is 1.52. The Hall–Kier alpha value is -1.69. The predicted octanol–water partition coefficient (Wildman–Crippen LogP) is 1.64. The van der Waals surface area contributed by atoms with Crippen molar-refractivity contribution in [3.05, 3.63) is 29.3 Å². The maximum Gasteiger partial charge on any atom is 0.326 e. The molecule has 0 spiro atoms. The molecule has 0 fully saturated rings. The van der Waals surface area contributed by atoms with Crippen LogP contribution in [0.5, 0.6) is 5.75 Å². The number of hydrogen-bond donors (Lipinski definition) is 3. The van der Waals surface area contributed by atoms with Crippen LogP contribution in [-0.4, -0.2) is 40.1 Å². The number of carboxylic acids is 1. The van der Waals surface area contributed by atoms with Gasteiger partial charge >= 0.3 is 5.97 Å². The number of aliphatic carboxylic acids is 1. The molecule has 0 aliphatic carbocycles. The second kappa shape index (κ2) is 7.04. The van der Waals surface area contributed by atoms with Gasteiger partial charge in [-0.05, 0) is 37.5 Å². The standard InChI is InChI=1S/C13H17NO4S/c1-8-9(4-3-5-11(8)15)12(16)14-10(13(17)18)6-7-19-2/h3-5,10,15H,6-7H2,1-2H3,(H,14,16)(H,17,18)/t10-/m0/s1. The van der Waals surface area contributed by atoms with Crippen molar-refractivity contribution >= 4 is 23.6 Å². The maximum atomic E-state index is 12.0.